The van der Waals surface area contributed by atoms with Gasteiger partial charge in [-0.05, 0) is 31.7 Å². The van der Waals surface area contributed by atoms with Crippen LogP contribution in [0.2, 0.25) is 0 Å². The van der Waals surface area contributed by atoms with Crippen LogP contribution in [0.4, 0.5) is 0 Å². The molecule has 1 aromatic heterocycles. The Morgan fingerprint density at radius 3 is 2.61 bits per heavy atom. The van der Waals surface area contributed by atoms with Crippen LogP contribution in [0.25, 0.3) is 0 Å². The molecule has 5 heteroatoms. The SMILES string of the molecule is O=c1cccnn1C1CCC(NC2COC2)CC1. The highest BCUT2D eigenvalue weighted by Crippen LogP contribution is 2.27. The monoisotopic (exact) mass is 249 g/mol. The maximum atomic E-state index is 11.7. The van der Waals surface area contributed by atoms with E-state index in [9.17, 15) is 4.79 Å². The van der Waals surface area contributed by atoms with Gasteiger partial charge in [-0.2, -0.15) is 5.10 Å². The van der Waals surface area contributed by atoms with Gasteiger partial charge in [0.15, 0.2) is 0 Å². The molecular formula is C13H19N3O2. The molecule has 0 unspecified atom stereocenters. The van der Waals surface area contributed by atoms with Crippen LogP contribution < -0.4 is 10.9 Å². The summed E-state index contributed by atoms with van der Waals surface area (Å²) in [7, 11) is 0. The molecule has 1 N–H and O–H groups in total. The van der Waals surface area contributed by atoms with Crippen LogP contribution in [0.5, 0.6) is 0 Å². The first-order chi connectivity index (χ1) is 8.83. The van der Waals surface area contributed by atoms with Gasteiger partial charge in [0.1, 0.15) is 0 Å². The Labute approximate surface area is 106 Å². The minimum atomic E-state index is 0.0151. The van der Waals surface area contributed by atoms with E-state index in [1.807, 2.05) is 0 Å². The summed E-state index contributed by atoms with van der Waals surface area (Å²) in [5.41, 5.74) is 0.0151. The molecule has 1 saturated heterocycles. The van der Waals surface area contributed by atoms with Crippen LogP contribution in [0.15, 0.2) is 23.1 Å². The quantitative estimate of drug-likeness (QED) is 0.857. The molecule has 0 bridgehead atoms. The van der Waals surface area contributed by atoms with Crippen molar-refractivity contribution in [1.82, 2.24) is 15.1 Å². The average Bonchev–Trinajstić information content (AvgIpc) is 2.35. The van der Waals surface area contributed by atoms with Crippen molar-refractivity contribution in [2.45, 2.75) is 43.8 Å². The van der Waals surface area contributed by atoms with E-state index >= 15 is 0 Å². The second-order valence-electron chi connectivity index (χ2n) is 5.21. The first kappa shape index (κ1) is 11.9. The molecule has 3 rings (SSSR count). The topological polar surface area (TPSA) is 56.2 Å². The summed E-state index contributed by atoms with van der Waals surface area (Å²) >= 11 is 0. The van der Waals surface area contributed by atoms with Gasteiger partial charge in [-0.15, -0.1) is 0 Å². The summed E-state index contributed by atoms with van der Waals surface area (Å²) in [6.07, 6.45) is 5.98. The molecular weight excluding hydrogens is 230 g/mol. The molecule has 1 aliphatic carbocycles. The smallest absolute Gasteiger partial charge is 0.266 e. The Morgan fingerprint density at radius 1 is 1.22 bits per heavy atom. The molecule has 98 valence electrons. The molecule has 18 heavy (non-hydrogen) atoms. The van der Waals surface area contributed by atoms with Crippen molar-refractivity contribution in [3.63, 3.8) is 0 Å². The van der Waals surface area contributed by atoms with E-state index in [4.69, 9.17) is 4.74 Å². The van der Waals surface area contributed by atoms with Gasteiger partial charge in [-0.1, -0.05) is 0 Å². The number of rotatable bonds is 3. The number of hydrogen-bond donors (Lipinski definition) is 1. The van der Waals surface area contributed by atoms with Gasteiger partial charge in [0.2, 0.25) is 0 Å². The van der Waals surface area contributed by atoms with Gasteiger partial charge in [0.25, 0.3) is 5.56 Å². The maximum absolute atomic E-state index is 11.7. The van der Waals surface area contributed by atoms with E-state index < -0.39 is 0 Å². The number of aromatic nitrogens is 2. The number of nitrogens with one attached hydrogen (secondary N) is 1. The van der Waals surface area contributed by atoms with Crippen LogP contribution in [-0.2, 0) is 4.74 Å². The predicted molar refractivity (Wildman–Crippen MR) is 67.5 cm³/mol. The van der Waals surface area contributed by atoms with Gasteiger partial charge in [0, 0.05) is 18.3 Å². The number of ether oxygens (including phenoxy) is 1. The molecule has 2 heterocycles. The molecule has 0 amide bonds. The highest BCUT2D eigenvalue weighted by atomic mass is 16.5. The zero-order chi connectivity index (χ0) is 12.4. The summed E-state index contributed by atoms with van der Waals surface area (Å²) in [6.45, 7) is 1.69. The Bertz CT molecular complexity index is 448. The zero-order valence-corrected chi connectivity index (χ0v) is 10.4. The molecule has 2 fully saturated rings. The van der Waals surface area contributed by atoms with Crippen molar-refractivity contribution >= 4 is 0 Å². The maximum Gasteiger partial charge on any atom is 0.266 e. The van der Waals surface area contributed by atoms with Gasteiger partial charge >= 0.3 is 0 Å². The second kappa shape index (κ2) is 5.20. The lowest BCUT2D eigenvalue weighted by Crippen LogP contribution is -2.51. The Hall–Kier alpha value is -1.20. The van der Waals surface area contributed by atoms with Crippen LogP contribution in [0.3, 0.4) is 0 Å². The largest absolute Gasteiger partial charge is 0.378 e. The Kier molecular flexibility index (Phi) is 3.43. The third kappa shape index (κ3) is 2.47. The molecule has 0 radical (unpaired) electrons. The van der Waals surface area contributed by atoms with Crippen LogP contribution in [0, 0.1) is 0 Å². The Morgan fingerprint density at radius 2 is 2.00 bits per heavy atom. The van der Waals surface area contributed by atoms with Crippen molar-refractivity contribution in [3.05, 3.63) is 28.7 Å². The van der Waals surface area contributed by atoms with E-state index in [1.165, 1.54) is 0 Å². The lowest BCUT2D eigenvalue weighted by molar-refractivity contribution is -0.0126. The third-order valence-electron chi connectivity index (χ3n) is 3.89. The van der Waals surface area contributed by atoms with Crippen LogP contribution >= 0.6 is 0 Å². The third-order valence-corrected chi connectivity index (χ3v) is 3.89. The van der Waals surface area contributed by atoms with E-state index in [0.29, 0.717) is 12.1 Å². The second-order valence-corrected chi connectivity index (χ2v) is 5.21. The standard InChI is InChI=1S/C13H19N3O2/c17-13-2-1-7-14-16(13)12-5-3-10(4-6-12)15-11-8-18-9-11/h1-2,7,10-12,15H,3-6,8-9H2. The average molecular weight is 249 g/mol. The van der Waals surface area contributed by atoms with Crippen LogP contribution in [-0.4, -0.2) is 35.1 Å². The summed E-state index contributed by atoms with van der Waals surface area (Å²) < 4.78 is 6.81. The van der Waals surface area contributed by atoms with Gasteiger partial charge in [-0.3, -0.25) is 4.79 Å². The minimum Gasteiger partial charge on any atom is -0.378 e. The fraction of sp³-hybridized carbons (Fsp3) is 0.692. The highest BCUT2D eigenvalue weighted by molar-refractivity contribution is 4.90. The lowest BCUT2D eigenvalue weighted by Gasteiger charge is -2.35. The summed E-state index contributed by atoms with van der Waals surface area (Å²) in [6, 6.07) is 4.68. The van der Waals surface area contributed by atoms with Crippen molar-refractivity contribution in [2.24, 2.45) is 0 Å². The first-order valence-electron chi connectivity index (χ1n) is 6.70. The van der Waals surface area contributed by atoms with Crippen molar-refractivity contribution in [2.75, 3.05) is 13.2 Å². The molecule has 0 aromatic carbocycles. The van der Waals surface area contributed by atoms with E-state index in [2.05, 4.69) is 10.4 Å². The minimum absolute atomic E-state index is 0.0151. The normalized spacial score (nSPS) is 28.9. The molecule has 1 aromatic rings. The zero-order valence-electron chi connectivity index (χ0n) is 10.4. The fourth-order valence-corrected chi connectivity index (χ4v) is 2.80. The molecule has 1 aliphatic heterocycles. The van der Waals surface area contributed by atoms with E-state index in [0.717, 1.165) is 38.9 Å². The summed E-state index contributed by atoms with van der Waals surface area (Å²) in [5.74, 6) is 0. The van der Waals surface area contributed by atoms with Gasteiger partial charge in [0.05, 0.1) is 25.3 Å². The summed E-state index contributed by atoms with van der Waals surface area (Å²) in [4.78, 5) is 11.7. The van der Waals surface area contributed by atoms with Crippen LogP contribution in [0.1, 0.15) is 31.7 Å². The molecule has 0 spiro atoms. The lowest BCUT2D eigenvalue weighted by atomic mass is 9.90. The number of nitrogens with zero attached hydrogens (tertiary/aromatic N) is 2. The summed E-state index contributed by atoms with van der Waals surface area (Å²) in [5, 5.41) is 7.79. The first-order valence-corrected chi connectivity index (χ1v) is 6.70. The molecule has 0 atom stereocenters. The van der Waals surface area contributed by atoms with E-state index in [1.54, 1.807) is 23.0 Å². The Balaban J connectivity index is 1.56. The predicted octanol–water partition coefficient (Wildman–Crippen LogP) is 0.715. The molecule has 5 nitrogen and oxygen atoms in total. The highest BCUT2D eigenvalue weighted by Gasteiger charge is 2.27. The van der Waals surface area contributed by atoms with Gasteiger partial charge in [-0.25, -0.2) is 4.68 Å². The van der Waals surface area contributed by atoms with Gasteiger partial charge < -0.3 is 10.1 Å². The van der Waals surface area contributed by atoms with Crippen molar-refractivity contribution in [3.8, 4) is 0 Å². The molecule has 1 saturated carbocycles. The van der Waals surface area contributed by atoms with Crippen molar-refractivity contribution in [1.29, 1.82) is 0 Å². The van der Waals surface area contributed by atoms with Crippen molar-refractivity contribution < 1.29 is 4.74 Å². The fourth-order valence-electron chi connectivity index (χ4n) is 2.80. The molecule has 2 aliphatic rings. The number of hydrogen-bond acceptors (Lipinski definition) is 4. The van der Waals surface area contributed by atoms with E-state index in [-0.39, 0.29) is 11.6 Å².